The molecule has 98 valence electrons. The molecule has 0 aliphatic carbocycles. The van der Waals surface area contributed by atoms with Crippen molar-refractivity contribution in [3.63, 3.8) is 0 Å². The Morgan fingerprint density at radius 1 is 1.42 bits per heavy atom. The van der Waals surface area contributed by atoms with E-state index in [2.05, 4.69) is 26.1 Å². The molecule has 1 heterocycles. The SMILES string of the molecule is Cc1ccnc(Sc2cccc(Br)c2)c1/C(N)=N/O. The van der Waals surface area contributed by atoms with Crippen molar-refractivity contribution in [2.45, 2.75) is 16.8 Å². The van der Waals surface area contributed by atoms with Crippen LogP contribution in [0.15, 0.2) is 56.1 Å². The van der Waals surface area contributed by atoms with Gasteiger partial charge in [-0.15, -0.1) is 0 Å². The van der Waals surface area contributed by atoms with Gasteiger partial charge in [0.15, 0.2) is 5.84 Å². The van der Waals surface area contributed by atoms with E-state index in [1.165, 1.54) is 11.8 Å². The summed E-state index contributed by atoms with van der Waals surface area (Å²) in [7, 11) is 0. The number of nitrogens with two attached hydrogens (primary N) is 1. The van der Waals surface area contributed by atoms with Gasteiger partial charge in [0.2, 0.25) is 0 Å². The lowest BCUT2D eigenvalue weighted by molar-refractivity contribution is 0.318. The van der Waals surface area contributed by atoms with Gasteiger partial charge in [0.1, 0.15) is 5.03 Å². The van der Waals surface area contributed by atoms with Crippen LogP contribution in [0.4, 0.5) is 0 Å². The molecule has 0 spiro atoms. The molecule has 6 heteroatoms. The fourth-order valence-electron chi connectivity index (χ4n) is 1.61. The van der Waals surface area contributed by atoms with Crippen molar-refractivity contribution in [3.05, 3.63) is 52.1 Å². The molecule has 2 rings (SSSR count). The number of aryl methyl sites for hydroxylation is 1. The molecule has 0 bridgehead atoms. The van der Waals surface area contributed by atoms with Crippen molar-refractivity contribution in [1.82, 2.24) is 4.98 Å². The average molecular weight is 338 g/mol. The molecule has 0 radical (unpaired) electrons. The lowest BCUT2D eigenvalue weighted by Gasteiger charge is -2.09. The van der Waals surface area contributed by atoms with Crippen molar-refractivity contribution in [2.75, 3.05) is 0 Å². The number of pyridine rings is 1. The van der Waals surface area contributed by atoms with Gasteiger partial charge >= 0.3 is 0 Å². The summed E-state index contributed by atoms with van der Waals surface area (Å²) in [4.78, 5) is 5.34. The van der Waals surface area contributed by atoms with Crippen LogP contribution in [0, 0.1) is 6.92 Å². The zero-order valence-corrected chi connectivity index (χ0v) is 12.6. The molecule has 0 aliphatic rings. The largest absolute Gasteiger partial charge is 0.409 e. The smallest absolute Gasteiger partial charge is 0.173 e. The Morgan fingerprint density at radius 3 is 2.89 bits per heavy atom. The minimum Gasteiger partial charge on any atom is -0.409 e. The average Bonchev–Trinajstić information content (AvgIpc) is 2.38. The van der Waals surface area contributed by atoms with Crippen LogP contribution in [0.3, 0.4) is 0 Å². The molecule has 0 amide bonds. The van der Waals surface area contributed by atoms with Crippen LogP contribution in [0.2, 0.25) is 0 Å². The first-order valence-corrected chi connectivity index (χ1v) is 7.09. The van der Waals surface area contributed by atoms with Crippen molar-refractivity contribution >= 4 is 33.5 Å². The van der Waals surface area contributed by atoms with Gasteiger partial charge < -0.3 is 10.9 Å². The molecule has 4 nitrogen and oxygen atoms in total. The summed E-state index contributed by atoms with van der Waals surface area (Å²) in [6, 6.07) is 9.71. The highest BCUT2D eigenvalue weighted by molar-refractivity contribution is 9.10. The Hall–Kier alpha value is -1.53. The minimum atomic E-state index is 0.0723. The molecule has 0 saturated carbocycles. The van der Waals surface area contributed by atoms with Crippen molar-refractivity contribution in [2.24, 2.45) is 10.9 Å². The summed E-state index contributed by atoms with van der Waals surface area (Å²) in [5.41, 5.74) is 7.30. The monoisotopic (exact) mass is 337 g/mol. The Balaban J connectivity index is 2.43. The third kappa shape index (κ3) is 3.27. The van der Waals surface area contributed by atoms with E-state index in [1.54, 1.807) is 6.20 Å². The molecule has 0 unspecified atom stereocenters. The maximum Gasteiger partial charge on any atom is 0.173 e. The van der Waals surface area contributed by atoms with Crippen LogP contribution in [0.25, 0.3) is 0 Å². The molecular formula is C13H12BrN3OS. The van der Waals surface area contributed by atoms with Gasteiger partial charge in [-0.25, -0.2) is 4.98 Å². The lowest BCUT2D eigenvalue weighted by Crippen LogP contribution is -2.16. The second-order valence-corrected chi connectivity index (χ2v) is 5.83. The van der Waals surface area contributed by atoms with Gasteiger partial charge in [-0.1, -0.05) is 38.9 Å². The number of benzene rings is 1. The number of aromatic nitrogens is 1. The number of rotatable bonds is 3. The third-order valence-corrected chi connectivity index (χ3v) is 3.98. The highest BCUT2D eigenvalue weighted by Crippen LogP contribution is 2.31. The summed E-state index contributed by atoms with van der Waals surface area (Å²) >= 11 is 4.90. The molecule has 3 N–H and O–H groups in total. The minimum absolute atomic E-state index is 0.0723. The maximum atomic E-state index is 8.87. The summed E-state index contributed by atoms with van der Waals surface area (Å²) in [5, 5.41) is 12.7. The quantitative estimate of drug-likeness (QED) is 0.389. The summed E-state index contributed by atoms with van der Waals surface area (Å²) in [6.07, 6.45) is 1.71. The van der Waals surface area contributed by atoms with E-state index >= 15 is 0 Å². The molecular weight excluding hydrogens is 326 g/mol. The number of hydrogen-bond acceptors (Lipinski definition) is 4. The van der Waals surface area contributed by atoms with Crippen LogP contribution < -0.4 is 5.73 Å². The second-order valence-electron chi connectivity index (χ2n) is 3.85. The number of nitrogens with zero attached hydrogens (tertiary/aromatic N) is 2. The van der Waals surface area contributed by atoms with Gasteiger partial charge in [-0.2, -0.15) is 0 Å². The van der Waals surface area contributed by atoms with Crippen molar-refractivity contribution in [3.8, 4) is 0 Å². The van der Waals surface area contributed by atoms with E-state index in [1.807, 2.05) is 37.3 Å². The van der Waals surface area contributed by atoms with Gasteiger partial charge in [-0.05, 0) is 36.8 Å². The third-order valence-electron chi connectivity index (χ3n) is 2.50. The van der Waals surface area contributed by atoms with Gasteiger partial charge in [0.05, 0.1) is 5.56 Å². The zero-order valence-electron chi connectivity index (χ0n) is 10.2. The first-order valence-electron chi connectivity index (χ1n) is 5.48. The molecule has 2 aromatic rings. The zero-order chi connectivity index (χ0) is 13.8. The topological polar surface area (TPSA) is 71.5 Å². The highest BCUT2D eigenvalue weighted by Gasteiger charge is 2.13. The van der Waals surface area contributed by atoms with Crippen molar-refractivity contribution in [1.29, 1.82) is 0 Å². The molecule has 0 aliphatic heterocycles. The van der Waals surface area contributed by atoms with Crippen LogP contribution in [0.5, 0.6) is 0 Å². The number of oxime groups is 1. The van der Waals surface area contributed by atoms with Gasteiger partial charge in [0.25, 0.3) is 0 Å². The molecule has 1 aromatic carbocycles. The molecule has 0 saturated heterocycles. The predicted octanol–water partition coefficient (Wildman–Crippen LogP) is 3.40. The van der Waals surface area contributed by atoms with Crippen LogP contribution in [-0.4, -0.2) is 16.0 Å². The van der Waals surface area contributed by atoms with Gasteiger partial charge in [0, 0.05) is 15.6 Å². The highest BCUT2D eigenvalue weighted by atomic mass is 79.9. The van der Waals surface area contributed by atoms with Crippen molar-refractivity contribution < 1.29 is 5.21 Å². The van der Waals surface area contributed by atoms with E-state index in [0.717, 1.165) is 14.9 Å². The Labute approximate surface area is 123 Å². The van der Waals surface area contributed by atoms with Crippen LogP contribution >= 0.6 is 27.7 Å². The first kappa shape index (κ1) is 13.9. The summed E-state index contributed by atoms with van der Waals surface area (Å²) in [5.74, 6) is 0.0723. The van der Waals surface area contributed by atoms with Crippen LogP contribution in [-0.2, 0) is 0 Å². The van der Waals surface area contributed by atoms with E-state index in [-0.39, 0.29) is 5.84 Å². The predicted molar refractivity (Wildman–Crippen MR) is 79.7 cm³/mol. The Bertz CT molecular complexity index is 631. The van der Waals surface area contributed by atoms with E-state index in [4.69, 9.17) is 10.9 Å². The fraction of sp³-hybridized carbons (Fsp3) is 0.0769. The molecule has 0 atom stereocenters. The van der Waals surface area contributed by atoms with E-state index < -0.39 is 0 Å². The molecule has 1 aromatic heterocycles. The number of amidine groups is 1. The molecule has 19 heavy (non-hydrogen) atoms. The fourth-order valence-corrected chi connectivity index (χ4v) is 3.20. The second kappa shape index (κ2) is 6.08. The first-order chi connectivity index (χ1) is 9.11. The Morgan fingerprint density at radius 2 is 2.21 bits per heavy atom. The van der Waals surface area contributed by atoms with E-state index in [0.29, 0.717) is 10.6 Å². The maximum absolute atomic E-state index is 8.87. The number of hydrogen-bond donors (Lipinski definition) is 2. The Kier molecular flexibility index (Phi) is 4.44. The normalized spacial score (nSPS) is 11.6. The standard InChI is InChI=1S/C13H12BrN3OS/c1-8-5-6-16-13(11(8)12(15)17-18)19-10-4-2-3-9(14)7-10/h2-7,18H,1H3,(H2,15,17). The summed E-state index contributed by atoms with van der Waals surface area (Å²) in [6.45, 7) is 1.90. The van der Waals surface area contributed by atoms with Crippen LogP contribution in [0.1, 0.15) is 11.1 Å². The van der Waals surface area contributed by atoms with Gasteiger partial charge in [-0.3, -0.25) is 0 Å². The lowest BCUT2D eigenvalue weighted by atomic mass is 10.1. The number of halogens is 1. The van der Waals surface area contributed by atoms with E-state index in [9.17, 15) is 0 Å². The molecule has 0 fully saturated rings. The summed E-state index contributed by atoms with van der Waals surface area (Å²) < 4.78 is 0.996.